The Morgan fingerprint density at radius 1 is 1.00 bits per heavy atom. The molecule has 0 bridgehead atoms. The third kappa shape index (κ3) is 3.07. The lowest BCUT2D eigenvalue weighted by atomic mass is 9.94. The van der Waals surface area contributed by atoms with E-state index < -0.39 is 5.91 Å². The van der Waals surface area contributed by atoms with Crippen molar-refractivity contribution in [3.63, 3.8) is 0 Å². The van der Waals surface area contributed by atoms with Gasteiger partial charge in [0.2, 0.25) is 5.91 Å². The van der Waals surface area contributed by atoms with E-state index in [9.17, 15) is 4.79 Å². The molecule has 0 aliphatic carbocycles. The topological polar surface area (TPSA) is 71.8 Å². The van der Waals surface area contributed by atoms with E-state index in [4.69, 9.17) is 28.9 Å². The standard InChI is InChI=1S/C21H15Cl2N3O/c1-11-4-2-5-13(20(24)27)18(11)12-8-9-16-17(10-12)26-21(25-16)19-14(22)6-3-7-15(19)23/h2-10H,1H3,(H2,24,27)(H,25,26). The van der Waals surface area contributed by atoms with Crippen molar-refractivity contribution >= 4 is 40.1 Å². The number of carbonyl (C=O) groups excluding carboxylic acids is 1. The van der Waals surface area contributed by atoms with E-state index in [2.05, 4.69) is 9.97 Å². The first kappa shape index (κ1) is 17.6. The maximum atomic E-state index is 11.8. The zero-order valence-electron chi connectivity index (χ0n) is 14.4. The number of primary amides is 1. The van der Waals surface area contributed by atoms with Gasteiger partial charge < -0.3 is 10.7 Å². The normalized spacial score (nSPS) is 11.1. The fourth-order valence-electron chi connectivity index (χ4n) is 3.26. The summed E-state index contributed by atoms with van der Waals surface area (Å²) in [5.74, 6) is 0.139. The van der Waals surface area contributed by atoms with Gasteiger partial charge in [0.15, 0.2) is 0 Å². The largest absolute Gasteiger partial charge is 0.366 e. The minimum Gasteiger partial charge on any atom is -0.366 e. The summed E-state index contributed by atoms with van der Waals surface area (Å²) in [4.78, 5) is 19.7. The Labute approximate surface area is 165 Å². The van der Waals surface area contributed by atoms with Crippen LogP contribution < -0.4 is 5.73 Å². The summed E-state index contributed by atoms with van der Waals surface area (Å²) >= 11 is 12.6. The van der Waals surface area contributed by atoms with Gasteiger partial charge in [-0.3, -0.25) is 4.79 Å². The highest BCUT2D eigenvalue weighted by atomic mass is 35.5. The Morgan fingerprint density at radius 2 is 1.70 bits per heavy atom. The molecule has 0 radical (unpaired) electrons. The van der Waals surface area contributed by atoms with Crippen LogP contribution in [-0.2, 0) is 0 Å². The van der Waals surface area contributed by atoms with Crippen LogP contribution >= 0.6 is 23.2 Å². The van der Waals surface area contributed by atoms with Gasteiger partial charge in [-0.15, -0.1) is 0 Å². The number of benzene rings is 3. The quantitative estimate of drug-likeness (QED) is 0.472. The number of aromatic nitrogens is 2. The molecule has 4 aromatic rings. The first-order valence-electron chi connectivity index (χ1n) is 8.29. The van der Waals surface area contributed by atoms with Crippen LogP contribution in [0.15, 0.2) is 54.6 Å². The first-order valence-corrected chi connectivity index (χ1v) is 9.05. The fraction of sp³-hybridized carbons (Fsp3) is 0.0476. The van der Waals surface area contributed by atoms with Crippen molar-refractivity contribution in [2.75, 3.05) is 0 Å². The second kappa shape index (κ2) is 6.72. The van der Waals surface area contributed by atoms with Crippen molar-refractivity contribution in [3.05, 3.63) is 75.8 Å². The Morgan fingerprint density at radius 3 is 2.41 bits per heavy atom. The SMILES string of the molecule is Cc1cccc(C(N)=O)c1-c1ccc2nc(-c3c(Cl)cccc3Cl)[nH]c2c1. The lowest BCUT2D eigenvalue weighted by Gasteiger charge is -2.10. The number of hydrogen-bond donors (Lipinski definition) is 2. The molecule has 0 saturated carbocycles. The summed E-state index contributed by atoms with van der Waals surface area (Å²) in [6.07, 6.45) is 0. The second-order valence-electron chi connectivity index (χ2n) is 6.28. The summed E-state index contributed by atoms with van der Waals surface area (Å²) in [6.45, 7) is 1.95. The highest BCUT2D eigenvalue weighted by Crippen LogP contribution is 2.35. The average Bonchev–Trinajstić information content (AvgIpc) is 3.03. The lowest BCUT2D eigenvalue weighted by molar-refractivity contribution is 0.100. The Balaban J connectivity index is 1.90. The van der Waals surface area contributed by atoms with E-state index in [-0.39, 0.29) is 0 Å². The Kier molecular flexibility index (Phi) is 4.38. The van der Waals surface area contributed by atoms with Gasteiger partial charge in [0.25, 0.3) is 0 Å². The molecule has 1 aromatic heterocycles. The molecule has 134 valence electrons. The van der Waals surface area contributed by atoms with Crippen LogP contribution in [0.25, 0.3) is 33.5 Å². The number of aryl methyl sites for hydroxylation is 1. The number of hydrogen-bond acceptors (Lipinski definition) is 2. The maximum Gasteiger partial charge on any atom is 0.249 e. The molecule has 0 unspecified atom stereocenters. The number of nitrogens with zero attached hydrogens (tertiary/aromatic N) is 1. The van der Waals surface area contributed by atoms with Crippen LogP contribution in [0.2, 0.25) is 10.0 Å². The molecule has 0 aliphatic heterocycles. The summed E-state index contributed by atoms with van der Waals surface area (Å²) in [5, 5.41) is 1.05. The van der Waals surface area contributed by atoms with Crippen molar-refractivity contribution in [2.24, 2.45) is 5.73 Å². The number of halogens is 2. The molecular formula is C21H15Cl2N3O. The van der Waals surface area contributed by atoms with Gasteiger partial charge in [-0.25, -0.2) is 4.98 Å². The number of fused-ring (bicyclic) bond motifs is 1. The van der Waals surface area contributed by atoms with E-state index in [1.54, 1.807) is 24.3 Å². The molecule has 1 amide bonds. The number of carbonyl (C=O) groups is 1. The predicted octanol–water partition coefficient (Wildman–Crippen LogP) is 5.61. The summed E-state index contributed by atoms with van der Waals surface area (Å²) in [7, 11) is 0. The summed E-state index contributed by atoms with van der Waals surface area (Å²) < 4.78 is 0. The monoisotopic (exact) mass is 395 g/mol. The number of rotatable bonds is 3. The summed E-state index contributed by atoms with van der Waals surface area (Å²) in [5.41, 5.74) is 11.0. The van der Waals surface area contributed by atoms with Gasteiger partial charge in [-0.1, -0.05) is 47.5 Å². The van der Waals surface area contributed by atoms with Crippen molar-refractivity contribution in [1.29, 1.82) is 0 Å². The van der Waals surface area contributed by atoms with E-state index >= 15 is 0 Å². The van der Waals surface area contributed by atoms with Crippen molar-refractivity contribution in [2.45, 2.75) is 6.92 Å². The van der Waals surface area contributed by atoms with Gasteiger partial charge in [-0.05, 0) is 53.9 Å². The highest BCUT2D eigenvalue weighted by molar-refractivity contribution is 6.39. The molecule has 3 aromatic carbocycles. The summed E-state index contributed by atoms with van der Waals surface area (Å²) in [6, 6.07) is 16.6. The van der Waals surface area contributed by atoms with Gasteiger partial charge in [-0.2, -0.15) is 0 Å². The number of nitrogens with two attached hydrogens (primary N) is 1. The third-order valence-corrected chi connectivity index (χ3v) is 5.14. The highest BCUT2D eigenvalue weighted by Gasteiger charge is 2.16. The van der Waals surface area contributed by atoms with Gasteiger partial charge in [0, 0.05) is 5.56 Å². The second-order valence-corrected chi connectivity index (χ2v) is 7.09. The molecule has 0 fully saturated rings. The first-order chi connectivity index (χ1) is 13.0. The zero-order valence-corrected chi connectivity index (χ0v) is 15.9. The van der Waals surface area contributed by atoms with Crippen molar-refractivity contribution in [3.8, 4) is 22.5 Å². The molecular weight excluding hydrogens is 381 g/mol. The molecule has 1 heterocycles. The number of amides is 1. The smallest absolute Gasteiger partial charge is 0.249 e. The molecule has 4 nitrogen and oxygen atoms in total. The molecule has 0 aliphatic rings. The molecule has 6 heteroatoms. The molecule has 27 heavy (non-hydrogen) atoms. The van der Waals surface area contributed by atoms with Crippen LogP contribution in [0.4, 0.5) is 0 Å². The third-order valence-electron chi connectivity index (χ3n) is 4.51. The van der Waals surface area contributed by atoms with E-state index in [0.717, 1.165) is 27.7 Å². The Bertz CT molecular complexity index is 1180. The van der Waals surface area contributed by atoms with Crippen LogP contribution in [0.5, 0.6) is 0 Å². The molecule has 0 spiro atoms. The molecule has 4 rings (SSSR count). The van der Waals surface area contributed by atoms with Crippen LogP contribution in [-0.4, -0.2) is 15.9 Å². The fourth-order valence-corrected chi connectivity index (χ4v) is 3.84. The van der Waals surface area contributed by atoms with Crippen LogP contribution in [0.1, 0.15) is 15.9 Å². The van der Waals surface area contributed by atoms with Gasteiger partial charge in [0.05, 0.1) is 26.6 Å². The molecule has 0 atom stereocenters. The maximum absolute atomic E-state index is 11.8. The predicted molar refractivity (Wildman–Crippen MR) is 110 cm³/mol. The number of aromatic amines is 1. The van der Waals surface area contributed by atoms with Gasteiger partial charge in [0.1, 0.15) is 5.82 Å². The molecule has 0 saturated heterocycles. The average molecular weight is 396 g/mol. The van der Waals surface area contributed by atoms with E-state index in [0.29, 0.717) is 27.0 Å². The van der Waals surface area contributed by atoms with Crippen LogP contribution in [0.3, 0.4) is 0 Å². The minimum absolute atomic E-state index is 0.457. The number of imidazole rings is 1. The van der Waals surface area contributed by atoms with E-state index in [1.807, 2.05) is 37.3 Å². The van der Waals surface area contributed by atoms with Crippen molar-refractivity contribution < 1.29 is 4.79 Å². The van der Waals surface area contributed by atoms with Crippen molar-refractivity contribution in [1.82, 2.24) is 9.97 Å². The minimum atomic E-state index is -0.457. The van der Waals surface area contributed by atoms with E-state index in [1.165, 1.54) is 0 Å². The number of H-pyrrole nitrogens is 1. The lowest BCUT2D eigenvalue weighted by Crippen LogP contribution is -2.12. The number of nitrogens with one attached hydrogen (secondary N) is 1. The van der Waals surface area contributed by atoms with Gasteiger partial charge >= 0.3 is 0 Å². The molecule has 3 N–H and O–H groups in total. The zero-order chi connectivity index (χ0) is 19.1. The Hall–Kier alpha value is -2.82. The van der Waals surface area contributed by atoms with Crippen LogP contribution in [0, 0.1) is 6.92 Å².